The molecular weight excluding hydrogens is 447 g/mol. The number of carbonyl (C=O) groups is 3. The van der Waals surface area contributed by atoms with E-state index in [1.54, 1.807) is 6.07 Å². The van der Waals surface area contributed by atoms with Crippen LogP contribution < -0.4 is 10.6 Å². The summed E-state index contributed by atoms with van der Waals surface area (Å²) < 4.78 is 39.8. The fourth-order valence-electron chi connectivity index (χ4n) is 4.13. The average Bonchev–Trinajstić information content (AvgIpc) is 3.27. The molecule has 0 radical (unpaired) electrons. The summed E-state index contributed by atoms with van der Waals surface area (Å²) in [4.78, 5) is 38.7. The summed E-state index contributed by atoms with van der Waals surface area (Å²) >= 11 is 5.85. The van der Waals surface area contributed by atoms with Crippen LogP contribution >= 0.6 is 11.6 Å². The van der Waals surface area contributed by atoms with E-state index in [0.717, 1.165) is 37.0 Å². The van der Waals surface area contributed by atoms with Gasteiger partial charge in [-0.15, -0.1) is 0 Å². The van der Waals surface area contributed by atoms with Crippen molar-refractivity contribution in [3.63, 3.8) is 0 Å². The lowest BCUT2D eigenvalue weighted by molar-refractivity contribution is -0.137. The normalized spacial score (nSPS) is 20.3. The zero-order valence-electron chi connectivity index (χ0n) is 17.0. The van der Waals surface area contributed by atoms with Gasteiger partial charge in [0.25, 0.3) is 5.91 Å². The zero-order valence-corrected chi connectivity index (χ0v) is 17.7. The number of fused-ring (bicyclic) bond motifs is 1. The molecule has 2 N–H and O–H groups in total. The Bertz CT molecular complexity index is 1140. The predicted octanol–water partition coefficient (Wildman–Crippen LogP) is 4.25. The molecule has 6 nitrogen and oxygen atoms in total. The fraction of sp³-hybridized carbons (Fsp3) is 0.318. The molecule has 0 aromatic heterocycles. The predicted molar refractivity (Wildman–Crippen MR) is 111 cm³/mol. The molecule has 1 heterocycles. The first-order chi connectivity index (χ1) is 15.0. The molecule has 1 atom stereocenters. The smallest absolute Gasteiger partial charge is 0.323 e. The fourth-order valence-corrected chi connectivity index (χ4v) is 4.35. The molecule has 32 heavy (non-hydrogen) atoms. The highest BCUT2D eigenvalue weighted by Gasteiger charge is 2.49. The number of amides is 4. The van der Waals surface area contributed by atoms with Gasteiger partial charge in [0.15, 0.2) is 0 Å². The first kappa shape index (κ1) is 22.1. The van der Waals surface area contributed by atoms with E-state index in [0.29, 0.717) is 10.5 Å². The Morgan fingerprint density at radius 1 is 1.19 bits per heavy atom. The number of rotatable bonds is 4. The highest BCUT2D eigenvalue weighted by molar-refractivity contribution is 6.34. The Balaban J connectivity index is 1.54. The van der Waals surface area contributed by atoms with Crippen molar-refractivity contribution in [2.45, 2.75) is 37.9 Å². The molecule has 4 rings (SSSR count). The number of anilines is 1. The summed E-state index contributed by atoms with van der Waals surface area (Å²) in [6.45, 7) is 0.783. The topological polar surface area (TPSA) is 78.5 Å². The van der Waals surface area contributed by atoms with Crippen LogP contribution in [0.25, 0.3) is 0 Å². The van der Waals surface area contributed by atoms with Gasteiger partial charge in [-0.25, -0.2) is 4.79 Å². The molecule has 2 aliphatic rings. The molecule has 0 bridgehead atoms. The number of hydrogen-bond donors (Lipinski definition) is 2. The van der Waals surface area contributed by atoms with E-state index in [1.807, 2.05) is 12.1 Å². The number of alkyl halides is 3. The van der Waals surface area contributed by atoms with Crippen molar-refractivity contribution < 1.29 is 27.6 Å². The molecule has 10 heteroatoms. The Kier molecular flexibility index (Phi) is 5.40. The SMILES string of the molecule is CC1(c2ccc3c(c2)CCC3)NC(=O)N(CC(=O)Nc2c(Cl)cccc2C(F)(F)F)C1=O. The van der Waals surface area contributed by atoms with Gasteiger partial charge >= 0.3 is 12.2 Å². The zero-order chi connectivity index (χ0) is 23.3. The third-order valence-electron chi connectivity index (χ3n) is 5.84. The minimum absolute atomic E-state index is 0.312. The molecule has 1 unspecified atom stereocenters. The number of urea groups is 1. The molecule has 1 aliphatic heterocycles. The van der Waals surface area contributed by atoms with Gasteiger partial charge in [-0.2, -0.15) is 13.2 Å². The summed E-state index contributed by atoms with van der Waals surface area (Å²) in [6.07, 6.45) is -1.89. The quantitative estimate of drug-likeness (QED) is 0.662. The molecule has 4 amide bonds. The van der Waals surface area contributed by atoms with Gasteiger partial charge in [0, 0.05) is 0 Å². The molecule has 1 fully saturated rings. The number of halogens is 4. The summed E-state index contributed by atoms with van der Waals surface area (Å²) in [5.41, 5.74) is -0.231. The minimum atomic E-state index is -4.75. The van der Waals surface area contributed by atoms with Gasteiger partial charge in [0.1, 0.15) is 12.1 Å². The third kappa shape index (κ3) is 3.81. The van der Waals surface area contributed by atoms with Crippen LogP contribution in [-0.4, -0.2) is 29.3 Å². The molecule has 2 aromatic carbocycles. The Labute approximate surface area is 186 Å². The van der Waals surface area contributed by atoms with Crippen molar-refractivity contribution in [3.05, 3.63) is 63.7 Å². The van der Waals surface area contributed by atoms with Gasteiger partial charge in [-0.3, -0.25) is 14.5 Å². The first-order valence-electron chi connectivity index (χ1n) is 9.92. The van der Waals surface area contributed by atoms with E-state index in [4.69, 9.17) is 11.6 Å². The van der Waals surface area contributed by atoms with Crippen molar-refractivity contribution in [1.82, 2.24) is 10.2 Å². The van der Waals surface area contributed by atoms with Crippen LogP contribution in [0.15, 0.2) is 36.4 Å². The van der Waals surface area contributed by atoms with E-state index in [1.165, 1.54) is 18.6 Å². The second kappa shape index (κ2) is 7.81. The second-order valence-corrected chi connectivity index (χ2v) is 8.40. The van der Waals surface area contributed by atoms with E-state index in [-0.39, 0.29) is 5.02 Å². The summed E-state index contributed by atoms with van der Waals surface area (Å²) in [7, 11) is 0. The second-order valence-electron chi connectivity index (χ2n) is 7.99. The van der Waals surface area contributed by atoms with Crippen LogP contribution in [0.5, 0.6) is 0 Å². The van der Waals surface area contributed by atoms with Crippen molar-refractivity contribution >= 4 is 35.1 Å². The highest BCUT2D eigenvalue weighted by atomic mass is 35.5. The number of nitrogens with zero attached hydrogens (tertiary/aromatic N) is 1. The van der Waals surface area contributed by atoms with Gasteiger partial charge in [0.05, 0.1) is 16.3 Å². The number of aryl methyl sites for hydroxylation is 2. The van der Waals surface area contributed by atoms with Crippen LogP contribution in [0.3, 0.4) is 0 Å². The van der Waals surface area contributed by atoms with Gasteiger partial charge in [0.2, 0.25) is 5.91 Å². The maximum Gasteiger partial charge on any atom is 0.418 e. The number of hydrogen-bond acceptors (Lipinski definition) is 3. The minimum Gasteiger partial charge on any atom is -0.323 e. The lowest BCUT2D eigenvalue weighted by Gasteiger charge is -2.23. The Hall–Kier alpha value is -3.07. The number of benzene rings is 2. The van der Waals surface area contributed by atoms with Gasteiger partial charge in [-0.1, -0.05) is 35.9 Å². The van der Waals surface area contributed by atoms with E-state index >= 15 is 0 Å². The average molecular weight is 466 g/mol. The maximum absolute atomic E-state index is 13.3. The van der Waals surface area contributed by atoms with Gasteiger partial charge < -0.3 is 10.6 Å². The van der Waals surface area contributed by atoms with E-state index < -0.39 is 47.4 Å². The highest BCUT2D eigenvalue weighted by Crippen LogP contribution is 2.38. The number of imide groups is 1. The molecule has 2 aromatic rings. The van der Waals surface area contributed by atoms with Gasteiger partial charge in [-0.05, 0) is 55.0 Å². The monoisotopic (exact) mass is 465 g/mol. The molecule has 0 spiro atoms. The van der Waals surface area contributed by atoms with Crippen molar-refractivity contribution in [3.8, 4) is 0 Å². The lowest BCUT2D eigenvalue weighted by atomic mass is 9.89. The molecule has 1 aliphatic carbocycles. The van der Waals surface area contributed by atoms with E-state index in [2.05, 4.69) is 10.6 Å². The number of nitrogens with one attached hydrogen (secondary N) is 2. The van der Waals surface area contributed by atoms with E-state index in [9.17, 15) is 27.6 Å². The first-order valence-corrected chi connectivity index (χ1v) is 10.3. The summed E-state index contributed by atoms with van der Waals surface area (Å²) in [5.74, 6) is -1.64. The van der Waals surface area contributed by atoms with Crippen LogP contribution in [0, 0.1) is 0 Å². The van der Waals surface area contributed by atoms with Crippen LogP contribution in [0.2, 0.25) is 5.02 Å². The number of carbonyl (C=O) groups excluding carboxylic acids is 3. The van der Waals surface area contributed by atoms with Crippen molar-refractivity contribution in [2.24, 2.45) is 0 Å². The Morgan fingerprint density at radius 3 is 2.62 bits per heavy atom. The molecule has 1 saturated heterocycles. The standard InChI is InChI=1S/C22H19ClF3N3O3/c1-21(14-9-8-12-4-2-5-13(12)10-14)19(31)29(20(32)28-21)11-17(30)27-18-15(22(24,25)26)6-3-7-16(18)23/h3,6-10H,2,4-5,11H2,1H3,(H,27,30)(H,28,32). The van der Waals surface area contributed by atoms with Crippen molar-refractivity contribution in [2.75, 3.05) is 11.9 Å². The van der Waals surface area contributed by atoms with Crippen LogP contribution in [0.4, 0.5) is 23.7 Å². The molecule has 0 saturated carbocycles. The molecule has 168 valence electrons. The Morgan fingerprint density at radius 2 is 1.91 bits per heavy atom. The lowest BCUT2D eigenvalue weighted by Crippen LogP contribution is -2.42. The largest absolute Gasteiger partial charge is 0.418 e. The molecular formula is C22H19ClF3N3O3. The summed E-state index contributed by atoms with van der Waals surface area (Å²) in [5, 5.41) is 4.38. The van der Waals surface area contributed by atoms with Crippen LogP contribution in [-0.2, 0) is 34.1 Å². The third-order valence-corrected chi connectivity index (χ3v) is 6.15. The summed E-state index contributed by atoms with van der Waals surface area (Å²) in [6, 6.07) is 7.86. The van der Waals surface area contributed by atoms with Crippen LogP contribution in [0.1, 0.15) is 35.6 Å². The number of para-hydroxylation sites is 1. The van der Waals surface area contributed by atoms with Crippen molar-refractivity contribution in [1.29, 1.82) is 0 Å². The maximum atomic E-state index is 13.3.